The summed E-state index contributed by atoms with van der Waals surface area (Å²) >= 11 is 1.20. The van der Waals surface area contributed by atoms with E-state index < -0.39 is 19.9 Å². The largest absolute Gasteiger partial charge is 0.330 e. The van der Waals surface area contributed by atoms with Gasteiger partial charge in [0.25, 0.3) is 10.0 Å². The van der Waals surface area contributed by atoms with E-state index >= 15 is 0 Å². The molecule has 1 fully saturated rings. The van der Waals surface area contributed by atoms with E-state index in [9.17, 15) is 16.8 Å². The van der Waals surface area contributed by atoms with Crippen LogP contribution in [-0.4, -0.2) is 52.3 Å². The fourth-order valence-corrected chi connectivity index (χ4v) is 6.24. The Morgan fingerprint density at radius 3 is 2.47 bits per heavy atom. The van der Waals surface area contributed by atoms with E-state index in [2.05, 4.69) is 0 Å². The van der Waals surface area contributed by atoms with Crippen LogP contribution < -0.4 is 5.73 Å². The van der Waals surface area contributed by atoms with Gasteiger partial charge in [0.2, 0.25) is 0 Å². The molecule has 0 radical (unpaired) electrons. The van der Waals surface area contributed by atoms with E-state index in [1.807, 2.05) is 0 Å². The Morgan fingerprint density at radius 2 is 1.89 bits per heavy atom. The number of thiophene rings is 1. The van der Waals surface area contributed by atoms with Gasteiger partial charge in [0.05, 0.1) is 11.5 Å². The van der Waals surface area contributed by atoms with Gasteiger partial charge < -0.3 is 5.73 Å². The summed E-state index contributed by atoms with van der Waals surface area (Å²) in [5, 5.41) is 0. The highest BCUT2D eigenvalue weighted by Crippen LogP contribution is 2.26. The summed E-state index contributed by atoms with van der Waals surface area (Å²) in [5.41, 5.74) is 5.43. The summed E-state index contributed by atoms with van der Waals surface area (Å²) in [6.07, 6.45) is 0.647. The van der Waals surface area contributed by atoms with Crippen molar-refractivity contribution >= 4 is 31.2 Å². The van der Waals surface area contributed by atoms with E-state index in [0.29, 0.717) is 13.0 Å². The molecule has 19 heavy (non-hydrogen) atoms. The molecule has 1 aliphatic rings. The Balaban J connectivity index is 2.18. The highest BCUT2D eigenvalue weighted by Gasteiger charge is 2.31. The summed E-state index contributed by atoms with van der Waals surface area (Å²) in [5.74, 6) is -0.208. The second-order valence-corrected chi connectivity index (χ2v) is 9.95. The first-order valence-electron chi connectivity index (χ1n) is 5.84. The molecule has 6 nitrogen and oxygen atoms in total. The number of nitrogens with zero attached hydrogens (tertiary/aromatic N) is 1. The van der Waals surface area contributed by atoms with Gasteiger partial charge >= 0.3 is 0 Å². The molecule has 1 aliphatic heterocycles. The van der Waals surface area contributed by atoms with E-state index in [1.54, 1.807) is 12.1 Å². The van der Waals surface area contributed by atoms with Gasteiger partial charge in [0.15, 0.2) is 9.84 Å². The van der Waals surface area contributed by atoms with Crippen molar-refractivity contribution in [3.05, 3.63) is 17.0 Å². The van der Waals surface area contributed by atoms with Crippen LogP contribution in [-0.2, 0) is 26.3 Å². The number of hydrogen-bond acceptors (Lipinski definition) is 6. The lowest BCUT2D eigenvalue weighted by molar-refractivity contribution is 0.432. The van der Waals surface area contributed by atoms with Gasteiger partial charge in [-0.25, -0.2) is 16.8 Å². The molecule has 0 spiro atoms. The second-order valence-electron chi connectivity index (χ2n) is 4.32. The van der Waals surface area contributed by atoms with Gasteiger partial charge in [-0.15, -0.1) is 11.3 Å². The first-order valence-corrected chi connectivity index (χ1v) is 9.92. The molecule has 108 valence electrons. The number of hydrogen-bond donors (Lipinski definition) is 1. The Bertz CT molecular complexity index is 634. The second kappa shape index (κ2) is 5.49. The molecule has 0 saturated carbocycles. The van der Waals surface area contributed by atoms with Crippen molar-refractivity contribution in [2.24, 2.45) is 5.73 Å². The minimum Gasteiger partial charge on any atom is -0.330 e. The van der Waals surface area contributed by atoms with Crippen molar-refractivity contribution in [3.8, 4) is 0 Å². The van der Waals surface area contributed by atoms with Crippen LogP contribution in [0.1, 0.15) is 4.88 Å². The van der Waals surface area contributed by atoms with Gasteiger partial charge in [-0.1, -0.05) is 0 Å². The minimum atomic E-state index is -3.56. The number of sulfone groups is 1. The first-order chi connectivity index (χ1) is 8.85. The SMILES string of the molecule is NCCc1ccc(S(=O)(=O)N2CCS(=O)(=O)CC2)s1. The molecule has 0 aliphatic carbocycles. The van der Waals surface area contributed by atoms with Crippen LogP contribution in [0.25, 0.3) is 0 Å². The standard InChI is InChI=1S/C10H16N2O4S3/c11-4-3-9-1-2-10(17-9)19(15,16)12-5-7-18(13,14)8-6-12/h1-2H,3-8,11H2. The Hall–Kier alpha value is -0.480. The molecule has 0 unspecified atom stereocenters. The van der Waals surface area contributed by atoms with Crippen molar-refractivity contribution in [2.45, 2.75) is 10.6 Å². The van der Waals surface area contributed by atoms with Crippen LogP contribution in [0.5, 0.6) is 0 Å². The summed E-state index contributed by atoms with van der Waals surface area (Å²) in [6, 6.07) is 3.32. The molecule has 2 N–H and O–H groups in total. The third kappa shape index (κ3) is 3.34. The van der Waals surface area contributed by atoms with E-state index in [4.69, 9.17) is 5.73 Å². The summed E-state index contributed by atoms with van der Waals surface area (Å²) in [4.78, 5) is 0.922. The Morgan fingerprint density at radius 1 is 1.26 bits per heavy atom. The van der Waals surface area contributed by atoms with E-state index in [-0.39, 0.29) is 28.8 Å². The zero-order valence-electron chi connectivity index (χ0n) is 10.3. The van der Waals surface area contributed by atoms with Crippen molar-refractivity contribution in [1.29, 1.82) is 0 Å². The summed E-state index contributed by atoms with van der Waals surface area (Å²) in [6.45, 7) is 0.547. The maximum absolute atomic E-state index is 12.3. The predicted molar refractivity (Wildman–Crippen MR) is 74.5 cm³/mol. The number of sulfonamides is 1. The normalized spacial score (nSPS) is 20.5. The molecule has 9 heteroatoms. The highest BCUT2D eigenvalue weighted by molar-refractivity contribution is 7.92. The third-order valence-electron chi connectivity index (χ3n) is 2.93. The highest BCUT2D eigenvalue weighted by atomic mass is 32.2. The molecular formula is C10H16N2O4S3. The lowest BCUT2D eigenvalue weighted by Crippen LogP contribution is -2.43. The van der Waals surface area contributed by atoms with Crippen molar-refractivity contribution in [2.75, 3.05) is 31.1 Å². The molecule has 0 bridgehead atoms. The zero-order valence-corrected chi connectivity index (χ0v) is 12.7. The van der Waals surface area contributed by atoms with Crippen LogP contribution in [0, 0.1) is 0 Å². The molecule has 1 aromatic rings. The number of rotatable bonds is 4. The van der Waals surface area contributed by atoms with Crippen LogP contribution >= 0.6 is 11.3 Å². The van der Waals surface area contributed by atoms with Gasteiger partial charge in [-0.3, -0.25) is 0 Å². The fourth-order valence-electron chi connectivity index (χ4n) is 1.84. The van der Waals surface area contributed by atoms with Gasteiger partial charge in [-0.05, 0) is 25.1 Å². The summed E-state index contributed by atoms with van der Waals surface area (Å²) < 4.78 is 48.8. The van der Waals surface area contributed by atoms with Crippen LogP contribution in [0.3, 0.4) is 0 Å². The quantitative estimate of drug-likeness (QED) is 0.818. The maximum atomic E-state index is 12.3. The lowest BCUT2D eigenvalue weighted by Gasteiger charge is -2.25. The average molecular weight is 324 g/mol. The molecule has 2 rings (SSSR count). The zero-order chi connectivity index (χ0) is 14.1. The average Bonchev–Trinajstić information content (AvgIpc) is 2.78. The smallest absolute Gasteiger partial charge is 0.252 e. The summed E-state index contributed by atoms with van der Waals surface area (Å²) in [7, 11) is -6.64. The maximum Gasteiger partial charge on any atom is 0.252 e. The Kier molecular flexibility index (Phi) is 4.31. The predicted octanol–water partition coefficient (Wildman–Crippen LogP) is -0.332. The Labute approximate surface area is 117 Å². The monoisotopic (exact) mass is 324 g/mol. The van der Waals surface area contributed by atoms with Gasteiger partial charge in [0, 0.05) is 18.0 Å². The lowest BCUT2D eigenvalue weighted by atomic mass is 10.3. The molecule has 1 saturated heterocycles. The van der Waals surface area contributed by atoms with Crippen LogP contribution in [0.2, 0.25) is 0 Å². The molecule has 0 atom stereocenters. The molecule has 2 heterocycles. The van der Waals surface area contributed by atoms with Gasteiger partial charge in [-0.2, -0.15) is 4.31 Å². The van der Waals surface area contributed by atoms with Gasteiger partial charge in [0.1, 0.15) is 4.21 Å². The van der Waals surface area contributed by atoms with Crippen molar-refractivity contribution in [3.63, 3.8) is 0 Å². The van der Waals surface area contributed by atoms with Crippen LogP contribution in [0.15, 0.2) is 16.3 Å². The molecule has 0 amide bonds. The number of nitrogens with two attached hydrogens (primary N) is 1. The molecule has 1 aromatic heterocycles. The molecular weight excluding hydrogens is 308 g/mol. The van der Waals surface area contributed by atoms with E-state index in [0.717, 1.165) is 4.88 Å². The first kappa shape index (κ1) is 14.9. The topological polar surface area (TPSA) is 97.5 Å². The van der Waals surface area contributed by atoms with Crippen molar-refractivity contribution in [1.82, 2.24) is 4.31 Å². The minimum absolute atomic E-state index is 0.0365. The van der Waals surface area contributed by atoms with Crippen molar-refractivity contribution < 1.29 is 16.8 Å². The van der Waals surface area contributed by atoms with Crippen LogP contribution in [0.4, 0.5) is 0 Å². The molecule has 0 aromatic carbocycles. The fraction of sp³-hybridized carbons (Fsp3) is 0.600. The third-order valence-corrected chi connectivity index (χ3v) is 8.05. The van der Waals surface area contributed by atoms with E-state index in [1.165, 1.54) is 15.6 Å².